The Hall–Kier alpha value is -4.44. The van der Waals surface area contributed by atoms with Crippen LogP contribution in [-0.4, -0.2) is 48.1 Å². The second kappa shape index (κ2) is 11.5. The van der Waals surface area contributed by atoms with Crippen molar-refractivity contribution in [3.63, 3.8) is 0 Å². The number of Topliss-reactive ketones (excluding diaryl/α,β-unsaturated/α-hetero) is 1. The Kier molecular flexibility index (Phi) is 8.15. The number of ether oxygens (including phenoxy) is 3. The van der Waals surface area contributed by atoms with Gasteiger partial charge >= 0.3 is 11.9 Å². The summed E-state index contributed by atoms with van der Waals surface area (Å²) in [5, 5.41) is 11.6. The molecule has 1 aliphatic heterocycles. The van der Waals surface area contributed by atoms with Crippen LogP contribution < -0.4 is 14.4 Å². The van der Waals surface area contributed by atoms with E-state index >= 15 is 0 Å². The summed E-state index contributed by atoms with van der Waals surface area (Å²) >= 11 is 0.938. The number of hydrogen-bond acceptors (Lipinski definition) is 9. The number of carbonyl (C=O) groups excluding carboxylic acids is 3. The number of aliphatic hydroxyl groups is 1. The van der Waals surface area contributed by atoms with Gasteiger partial charge in [0.15, 0.2) is 5.13 Å². The first-order valence-electron chi connectivity index (χ1n) is 12.2. The van der Waals surface area contributed by atoms with Crippen molar-refractivity contribution < 1.29 is 33.7 Å². The van der Waals surface area contributed by atoms with Gasteiger partial charge in [0.05, 0.1) is 31.0 Å². The molecule has 1 saturated heterocycles. The minimum absolute atomic E-state index is 0.101. The highest BCUT2D eigenvalue weighted by molar-refractivity contribution is 7.17. The molecular weight excluding hydrogens is 520 g/mol. The number of aliphatic hydroxyl groups excluding tert-OH is 1. The van der Waals surface area contributed by atoms with E-state index in [1.807, 2.05) is 13.8 Å². The summed E-state index contributed by atoms with van der Waals surface area (Å²) in [6, 6.07) is 10.8. The second-order valence-electron chi connectivity index (χ2n) is 8.65. The van der Waals surface area contributed by atoms with Crippen LogP contribution in [0.4, 0.5) is 5.13 Å². The molecule has 1 aliphatic rings. The van der Waals surface area contributed by atoms with Crippen molar-refractivity contribution in [1.82, 2.24) is 4.98 Å². The molecule has 39 heavy (non-hydrogen) atoms. The lowest BCUT2D eigenvalue weighted by Crippen LogP contribution is -2.29. The number of thiazole rings is 1. The molecule has 2 aromatic carbocycles. The van der Waals surface area contributed by atoms with E-state index in [0.29, 0.717) is 41.5 Å². The van der Waals surface area contributed by atoms with Crippen molar-refractivity contribution in [2.75, 3.05) is 25.2 Å². The van der Waals surface area contributed by atoms with E-state index in [4.69, 9.17) is 14.2 Å². The molecule has 0 bridgehead atoms. The van der Waals surface area contributed by atoms with Gasteiger partial charge in [-0.15, -0.1) is 0 Å². The third-order valence-corrected chi connectivity index (χ3v) is 7.26. The van der Waals surface area contributed by atoms with Gasteiger partial charge in [0.25, 0.3) is 5.78 Å². The van der Waals surface area contributed by atoms with Crippen molar-refractivity contribution in [2.24, 2.45) is 0 Å². The van der Waals surface area contributed by atoms with Crippen LogP contribution in [-0.2, 0) is 14.3 Å². The lowest BCUT2D eigenvalue weighted by molar-refractivity contribution is -0.132. The van der Waals surface area contributed by atoms with Crippen molar-refractivity contribution in [2.45, 2.75) is 26.8 Å². The first-order chi connectivity index (χ1) is 18.7. The molecule has 0 saturated carbocycles. The number of aromatic nitrogens is 1. The molecule has 1 N–H and O–H groups in total. The highest BCUT2D eigenvalue weighted by atomic mass is 32.1. The summed E-state index contributed by atoms with van der Waals surface area (Å²) in [6.07, 6.45) is 1.62. The maximum absolute atomic E-state index is 13.4. The lowest BCUT2D eigenvalue weighted by atomic mass is 9.95. The Morgan fingerprint density at radius 2 is 1.87 bits per heavy atom. The van der Waals surface area contributed by atoms with Gasteiger partial charge < -0.3 is 19.3 Å². The number of methoxy groups -OCH3 is 1. The summed E-state index contributed by atoms with van der Waals surface area (Å²) in [7, 11) is 1.25. The van der Waals surface area contributed by atoms with Gasteiger partial charge in [0, 0.05) is 5.56 Å². The molecule has 0 spiro atoms. The average molecular weight is 549 g/mol. The Morgan fingerprint density at radius 3 is 2.49 bits per heavy atom. The number of aryl methyl sites for hydroxylation is 2. The Morgan fingerprint density at radius 1 is 1.15 bits per heavy atom. The summed E-state index contributed by atoms with van der Waals surface area (Å²) in [4.78, 5) is 45.0. The highest BCUT2D eigenvalue weighted by Gasteiger charge is 2.48. The highest BCUT2D eigenvalue weighted by Crippen LogP contribution is 2.44. The number of anilines is 1. The van der Waals surface area contributed by atoms with Gasteiger partial charge in [-0.2, -0.15) is 0 Å². The number of esters is 1. The van der Waals surface area contributed by atoms with Crippen LogP contribution in [0.1, 0.15) is 45.0 Å². The third-order valence-electron chi connectivity index (χ3n) is 6.12. The molecule has 202 valence electrons. The van der Waals surface area contributed by atoms with E-state index in [-0.39, 0.29) is 21.3 Å². The molecule has 1 atom stereocenters. The zero-order valence-electron chi connectivity index (χ0n) is 22.0. The molecule has 0 radical (unpaired) electrons. The van der Waals surface area contributed by atoms with Gasteiger partial charge in [-0.05, 0) is 62.2 Å². The van der Waals surface area contributed by atoms with E-state index in [1.165, 1.54) is 12.0 Å². The van der Waals surface area contributed by atoms with Crippen LogP contribution in [0.5, 0.6) is 11.5 Å². The van der Waals surface area contributed by atoms with Crippen molar-refractivity contribution in [3.05, 3.63) is 88.0 Å². The van der Waals surface area contributed by atoms with Gasteiger partial charge in [-0.3, -0.25) is 14.5 Å². The van der Waals surface area contributed by atoms with Crippen molar-refractivity contribution in [1.29, 1.82) is 0 Å². The third kappa shape index (κ3) is 5.28. The fourth-order valence-corrected chi connectivity index (χ4v) is 5.30. The first-order valence-corrected chi connectivity index (χ1v) is 13.0. The van der Waals surface area contributed by atoms with E-state index in [1.54, 1.807) is 55.5 Å². The zero-order valence-corrected chi connectivity index (χ0v) is 22.8. The standard InChI is InChI=1S/C29H28N2O7S/c1-6-14-38-20-11-8-18(9-12-20)23-22(24(32)19-10-13-21(37-7-2)16(3)15-19)25(33)27(34)31(23)29-30-17(4)26(39-29)28(35)36-5/h6,8-13,15,23,32H,1,7,14H2,2-5H3/b24-22+. The van der Waals surface area contributed by atoms with E-state index in [0.717, 1.165) is 16.9 Å². The molecule has 0 aliphatic carbocycles. The second-order valence-corrected chi connectivity index (χ2v) is 9.63. The van der Waals surface area contributed by atoms with Crippen LogP contribution in [0.3, 0.4) is 0 Å². The normalized spacial score (nSPS) is 16.3. The van der Waals surface area contributed by atoms with Crippen LogP contribution >= 0.6 is 11.3 Å². The predicted octanol–water partition coefficient (Wildman–Crippen LogP) is 5.14. The predicted molar refractivity (Wildman–Crippen MR) is 147 cm³/mol. The smallest absolute Gasteiger partial charge is 0.350 e. The molecule has 1 unspecified atom stereocenters. The molecular formula is C29H28N2O7S. The fourth-order valence-electron chi connectivity index (χ4n) is 4.28. The molecule has 4 rings (SSSR count). The molecule has 3 aromatic rings. The van der Waals surface area contributed by atoms with E-state index < -0.39 is 23.7 Å². The van der Waals surface area contributed by atoms with Crippen LogP contribution in [0.15, 0.2) is 60.7 Å². The Balaban J connectivity index is 1.88. The number of ketones is 1. The van der Waals surface area contributed by atoms with Crippen molar-refractivity contribution >= 4 is 39.9 Å². The number of hydrogen-bond donors (Lipinski definition) is 1. The number of nitrogens with zero attached hydrogens (tertiary/aromatic N) is 2. The topological polar surface area (TPSA) is 115 Å². The Labute approximate surface area is 230 Å². The van der Waals surface area contributed by atoms with Gasteiger partial charge in [-0.25, -0.2) is 9.78 Å². The Bertz CT molecular complexity index is 1470. The number of carbonyl (C=O) groups is 3. The maximum Gasteiger partial charge on any atom is 0.350 e. The van der Waals surface area contributed by atoms with Gasteiger partial charge in [0.2, 0.25) is 0 Å². The largest absolute Gasteiger partial charge is 0.507 e. The fraction of sp³-hybridized carbons (Fsp3) is 0.241. The molecule has 9 nitrogen and oxygen atoms in total. The monoisotopic (exact) mass is 548 g/mol. The SMILES string of the molecule is C=CCOc1ccc(C2/C(=C(\O)c3ccc(OCC)c(C)c3)C(=O)C(=O)N2c2nc(C)c(C(=O)OC)s2)cc1. The number of benzene rings is 2. The molecule has 1 fully saturated rings. The number of amides is 1. The van der Waals surface area contributed by atoms with Gasteiger partial charge in [-0.1, -0.05) is 36.1 Å². The molecule has 1 aromatic heterocycles. The van der Waals surface area contributed by atoms with Gasteiger partial charge in [0.1, 0.15) is 28.7 Å². The van der Waals surface area contributed by atoms with Crippen LogP contribution in [0.25, 0.3) is 5.76 Å². The zero-order chi connectivity index (χ0) is 28.3. The lowest BCUT2D eigenvalue weighted by Gasteiger charge is -2.23. The molecule has 1 amide bonds. The molecule has 10 heteroatoms. The molecule has 2 heterocycles. The first kappa shape index (κ1) is 27.6. The van der Waals surface area contributed by atoms with Crippen LogP contribution in [0.2, 0.25) is 0 Å². The summed E-state index contributed by atoms with van der Waals surface area (Å²) in [6.45, 7) is 9.74. The maximum atomic E-state index is 13.4. The van der Waals surface area contributed by atoms with Crippen molar-refractivity contribution in [3.8, 4) is 11.5 Å². The van der Waals surface area contributed by atoms with E-state index in [2.05, 4.69) is 11.6 Å². The average Bonchev–Trinajstić information content (AvgIpc) is 3.44. The minimum Gasteiger partial charge on any atom is -0.507 e. The summed E-state index contributed by atoms with van der Waals surface area (Å²) in [5.74, 6) is -1.46. The summed E-state index contributed by atoms with van der Waals surface area (Å²) < 4.78 is 16.0. The van der Waals surface area contributed by atoms with Crippen LogP contribution in [0, 0.1) is 13.8 Å². The van der Waals surface area contributed by atoms with E-state index in [9.17, 15) is 19.5 Å². The number of rotatable bonds is 9. The quantitative estimate of drug-likeness (QED) is 0.129. The summed E-state index contributed by atoms with van der Waals surface area (Å²) in [5.41, 5.74) is 1.91. The minimum atomic E-state index is -1.01.